The minimum Gasteiger partial charge on any atom is -0.478 e. The van der Waals surface area contributed by atoms with Crippen LogP contribution in [0, 0.1) is 5.41 Å². The molecule has 1 amide bonds. The molecule has 0 radical (unpaired) electrons. The Morgan fingerprint density at radius 3 is 2.36 bits per heavy atom. The summed E-state index contributed by atoms with van der Waals surface area (Å²) in [6.07, 6.45) is 0. The number of rotatable bonds is 6. The maximum atomic E-state index is 10.9. The van der Waals surface area contributed by atoms with Crippen LogP contribution in [-0.2, 0) is 9.59 Å². The van der Waals surface area contributed by atoms with E-state index in [1.165, 1.54) is 0 Å². The maximum Gasteiger partial charge on any atom is 0.332 e. The second-order valence-electron chi connectivity index (χ2n) is 3.76. The number of carbonyl (C=O) groups is 2. The Bertz CT molecular complexity index is 259. The SMILES string of the molecule is C=C(CNCC(C)(C)C(N)=O)C(=O)O. The Kier molecular flexibility index (Phi) is 4.30. The van der Waals surface area contributed by atoms with Crippen molar-refractivity contribution in [2.24, 2.45) is 11.1 Å². The Balaban J connectivity index is 3.91. The molecule has 0 aliphatic carbocycles. The Hall–Kier alpha value is -1.36. The van der Waals surface area contributed by atoms with Crippen LogP contribution in [0.1, 0.15) is 13.8 Å². The van der Waals surface area contributed by atoms with Gasteiger partial charge in [0.15, 0.2) is 0 Å². The summed E-state index contributed by atoms with van der Waals surface area (Å²) in [6, 6.07) is 0. The molecule has 5 nitrogen and oxygen atoms in total. The molecule has 0 saturated heterocycles. The quantitative estimate of drug-likeness (QED) is 0.514. The molecule has 5 heteroatoms. The van der Waals surface area contributed by atoms with E-state index in [1.54, 1.807) is 13.8 Å². The van der Waals surface area contributed by atoms with Gasteiger partial charge in [-0.3, -0.25) is 4.79 Å². The molecule has 0 bridgehead atoms. The van der Waals surface area contributed by atoms with E-state index in [0.717, 1.165) is 0 Å². The van der Waals surface area contributed by atoms with Gasteiger partial charge in [-0.1, -0.05) is 6.58 Å². The number of aliphatic carboxylic acids is 1. The van der Waals surface area contributed by atoms with E-state index in [9.17, 15) is 9.59 Å². The molecule has 0 aromatic heterocycles. The summed E-state index contributed by atoms with van der Waals surface area (Å²) in [5.74, 6) is -1.47. The van der Waals surface area contributed by atoms with Crippen molar-refractivity contribution in [2.45, 2.75) is 13.8 Å². The number of nitrogens with one attached hydrogen (secondary N) is 1. The summed E-state index contributed by atoms with van der Waals surface area (Å²) in [7, 11) is 0. The molecule has 80 valence electrons. The van der Waals surface area contributed by atoms with Crippen molar-refractivity contribution >= 4 is 11.9 Å². The van der Waals surface area contributed by atoms with Gasteiger partial charge in [0.25, 0.3) is 0 Å². The van der Waals surface area contributed by atoms with Crippen LogP contribution in [-0.4, -0.2) is 30.1 Å². The highest BCUT2D eigenvalue weighted by molar-refractivity contribution is 5.86. The summed E-state index contributed by atoms with van der Waals surface area (Å²) >= 11 is 0. The van der Waals surface area contributed by atoms with Crippen molar-refractivity contribution in [1.29, 1.82) is 0 Å². The topological polar surface area (TPSA) is 92.4 Å². The summed E-state index contributed by atoms with van der Waals surface area (Å²) in [5.41, 5.74) is 4.51. The highest BCUT2D eigenvalue weighted by Gasteiger charge is 2.24. The fourth-order valence-corrected chi connectivity index (χ4v) is 0.689. The number of amides is 1. The molecule has 4 N–H and O–H groups in total. The minimum absolute atomic E-state index is 0.0604. The molecule has 0 fully saturated rings. The first-order chi connectivity index (χ1) is 6.27. The van der Waals surface area contributed by atoms with Gasteiger partial charge in [-0.25, -0.2) is 4.79 Å². The third-order valence-corrected chi connectivity index (χ3v) is 1.87. The molecular weight excluding hydrogens is 184 g/mol. The Morgan fingerprint density at radius 1 is 1.50 bits per heavy atom. The molecule has 0 aromatic rings. The number of carboxylic acids is 1. The highest BCUT2D eigenvalue weighted by Crippen LogP contribution is 2.11. The number of carboxylic acid groups (broad SMARTS) is 1. The van der Waals surface area contributed by atoms with Crippen molar-refractivity contribution in [3.63, 3.8) is 0 Å². The van der Waals surface area contributed by atoms with E-state index < -0.39 is 17.3 Å². The third-order valence-electron chi connectivity index (χ3n) is 1.87. The fourth-order valence-electron chi connectivity index (χ4n) is 0.689. The van der Waals surface area contributed by atoms with Crippen LogP contribution in [0.5, 0.6) is 0 Å². The predicted molar refractivity (Wildman–Crippen MR) is 52.6 cm³/mol. The number of primary amides is 1. The largest absolute Gasteiger partial charge is 0.478 e. The van der Waals surface area contributed by atoms with Crippen molar-refractivity contribution in [1.82, 2.24) is 5.32 Å². The lowest BCUT2D eigenvalue weighted by Crippen LogP contribution is -2.41. The van der Waals surface area contributed by atoms with Gasteiger partial charge < -0.3 is 16.2 Å². The molecule has 0 spiro atoms. The van der Waals surface area contributed by atoms with Crippen LogP contribution < -0.4 is 11.1 Å². The molecular formula is C9H16N2O3. The predicted octanol–water partition coefficient (Wildman–Crippen LogP) is -0.272. The number of hydrogen-bond donors (Lipinski definition) is 3. The second kappa shape index (κ2) is 4.76. The zero-order valence-corrected chi connectivity index (χ0v) is 8.46. The molecule has 0 unspecified atom stereocenters. The first kappa shape index (κ1) is 12.6. The van der Waals surface area contributed by atoms with E-state index in [1.807, 2.05) is 0 Å². The van der Waals surface area contributed by atoms with E-state index in [2.05, 4.69) is 11.9 Å². The fraction of sp³-hybridized carbons (Fsp3) is 0.556. The van der Waals surface area contributed by atoms with Crippen LogP contribution in [0.15, 0.2) is 12.2 Å². The van der Waals surface area contributed by atoms with E-state index in [0.29, 0.717) is 6.54 Å². The zero-order chi connectivity index (χ0) is 11.4. The summed E-state index contributed by atoms with van der Waals surface area (Å²) < 4.78 is 0. The van der Waals surface area contributed by atoms with Crippen LogP contribution in [0.3, 0.4) is 0 Å². The molecule has 0 heterocycles. The molecule has 14 heavy (non-hydrogen) atoms. The Labute approximate surface area is 83.0 Å². The lowest BCUT2D eigenvalue weighted by atomic mass is 9.93. The molecule has 0 aliphatic heterocycles. The lowest BCUT2D eigenvalue weighted by Gasteiger charge is -2.20. The smallest absolute Gasteiger partial charge is 0.332 e. The summed E-state index contributed by atoms with van der Waals surface area (Å²) in [4.78, 5) is 21.2. The zero-order valence-electron chi connectivity index (χ0n) is 8.46. The average molecular weight is 200 g/mol. The van der Waals surface area contributed by atoms with Crippen molar-refractivity contribution in [3.8, 4) is 0 Å². The molecule has 0 aromatic carbocycles. The second-order valence-corrected chi connectivity index (χ2v) is 3.76. The highest BCUT2D eigenvalue weighted by atomic mass is 16.4. The van der Waals surface area contributed by atoms with E-state index in [4.69, 9.17) is 10.8 Å². The molecule has 0 atom stereocenters. The monoisotopic (exact) mass is 200 g/mol. The molecule has 0 rings (SSSR count). The van der Waals surface area contributed by atoms with Gasteiger partial charge in [-0.2, -0.15) is 0 Å². The first-order valence-corrected chi connectivity index (χ1v) is 4.19. The first-order valence-electron chi connectivity index (χ1n) is 4.19. The van der Waals surface area contributed by atoms with Crippen LogP contribution >= 0.6 is 0 Å². The third kappa shape index (κ3) is 4.04. The normalized spacial score (nSPS) is 11.0. The van der Waals surface area contributed by atoms with Crippen LogP contribution in [0.4, 0.5) is 0 Å². The van der Waals surface area contributed by atoms with E-state index >= 15 is 0 Å². The number of hydrogen-bond acceptors (Lipinski definition) is 3. The van der Waals surface area contributed by atoms with Crippen molar-refractivity contribution in [2.75, 3.05) is 13.1 Å². The van der Waals surface area contributed by atoms with Gasteiger partial charge in [0.2, 0.25) is 5.91 Å². The maximum absolute atomic E-state index is 10.9. The molecule has 0 aliphatic rings. The van der Waals surface area contributed by atoms with Crippen LogP contribution in [0.25, 0.3) is 0 Å². The van der Waals surface area contributed by atoms with Crippen molar-refractivity contribution < 1.29 is 14.7 Å². The van der Waals surface area contributed by atoms with Gasteiger partial charge in [-0.05, 0) is 13.8 Å². The lowest BCUT2D eigenvalue weighted by molar-refractivity contribution is -0.132. The summed E-state index contributed by atoms with van der Waals surface area (Å²) in [6.45, 7) is 7.19. The van der Waals surface area contributed by atoms with Gasteiger partial charge in [0.1, 0.15) is 0 Å². The standard InChI is InChI=1S/C9H16N2O3/c1-6(7(12)13)4-11-5-9(2,3)8(10)14/h11H,1,4-5H2,2-3H3,(H2,10,14)(H,12,13). The summed E-state index contributed by atoms with van der Waals surface area (Å²) in [5, 5.41) is 11.3. The molecule has 0 saturated carbocycles. The van der Waals surface area contributed by atoms with Gasteiger partial charge in [0, 0.05) is 18.7 Å². The van der Waals surface area contributed by atoms with Gasteiger partial charge >= 0.3 is 5.97 Å². The van der Waals surface area contributed by atoms with E-state index in [-0.39, 0.29) is 12.1 Å². The average Bonchev–Trinajstić information content (AvgIpc) is 2.03. The minimum atomic E-state index is -1.05. The van der Waals surface area contributed by atoms with Gasteiger partial charge in [0.05, 0.1) is 5.41 Å². The number of carbonyl (C=O) groups excluding carboxylic acids is 1. The number of nitrogens with two attached hydrogens (primary N) is 1. The van der Waals surface area contributed by atoms with Crippen LogP contribution in [0.2, 0.25) is 0 Å². The van der Waals surface area contributed by atoms with Gasteiger partial charge in [-0.15, -0.1) is 0 Å². The Morgan fingerprint density at radius 2 is 2.00 bits per heavy atom. The van der Waals surface area contributed by atoms with Crippen molar-refractivity contribution in [3.05, 3.63) is 12.2 Å².